The summed E-state index contributed by atoms with van der Waals surface area (Å²) in [6.45, 7) is 0. The lowest BCUT2D eigenvalue weighted by molar-refractivity contribution is -0.116. The zero-order chi connectivity index (χ0) is 30.0. The van der Waals surface area contributed by atoms with Crippen LogP contribution in [0.2, 0.25) is 0 Å². The van der Waals surface area contributed by atoms with Gasteiger partial charge in [0.05, 0.1) is 28.2 Å². The minimum absolute atomic E-state index is 0.00106. The monoisotopic (exact) mass is 580 g/mol. The molecule has 7 rings (SSSR count). The number of hydrogen-bond donors (Lipinski definition) is 1. The number of fused-ring (bicyclic) bond motifs is 2. The molecular weight excluding hydrogens is 548 g/mol. The molecule has 4 aromatic carbocycles. The van der Waals surface area contributed by atoms with Crippen molar-refractivity contribution in [2.75, 3.05) is 0 Å². The van der Waals surface area contributed by atoms with Crippen molar-refractivity contribution in [3.63, 3.8) is 0 Å². The van der Waals surface area contributed by atoms with Crippen molar-refractivity contribution in [3.05, 3.63) is 143 Å². The summed E-state index contributed by atoms with van der Waals surface area (Å²) in [5.41, 5.74) is 4.85. The molecule has 1 fully saturated rings. The Morgan fingerprint density at radius 3 is 2.14 bits per heavy atom. The molecule has 1 heterocycles. The number of rotatable bonds is 6. The van der Waals surface area contributed by atoms with Crippen LogP contribution in [0.1, 0.15) is 70.5 Å². The van der Waals surface area contributed by atoms with Gasteiger partial charge in [-0.2, -0.15) is 0 Å². The molecule has 2 aliphatic carbocycles. The molecule has 2 unspecified atom stereocenters. The number of benzene rings is 4. The van der Waals surface area contributed by atoms with Crippen molar-refractivity contribution in [2.24, 2.45) is 4.99 Å². The second-order valence-corrected chi connectivity index (χ2v) is 11.7. The van der Waals surface area contributed by atoms with Gasteiger partial charge in [0.25, 0.3) is 0 Å². The molecule has 0 amide bonds. The lowest BCUT2D eigenvalue weighted by Gasteiger charge is -2.26. The number of allylic oxidation sites excluding steroid dienone is 2. The van der Waals surface area contributed by atoms with Crippen LogP contribution in [0.15, 0.2) is 124 Å². The number of aryl methyl sites for hydroxylation is 1. The molecule has 6 heteroatoms. The third-order valence-electron chi connectivity index (χ3n) is 8.87. The van der Waals surface area contributed by atoms with E-state index in [2.05, 4.69) is 5.16 Å². The number of aliphatic imine (C=N–C) groups is 1. The summed E-state index contributed by atoms with van der Waals surface area (Å²) in [4.78, 5) is 32.0. The van der Waals surface area contributed by atoms with Gasteiger partial charge < -0.3 is 9.63 Å². The maximum atomic E-state index is 13.7. The van der Waals surface area contributed by atoms with Crippen molar-refractivity contribution in [2.45, 2.75) is 50.4 Å². The number of carbonyl (C=O) groups is 2. The zero-order valence-electron chi connectivity index (χ0n) is 24.3. The average molecular weight is 581 g/mol. The summed E-state index contributed by atoms with van der Waals surface area (Å²) in [6.07, 6.45) is 2.24. The molecule has 1 N–H and O–H groups in total. The molecule has 0 radical (unpaired) electrons. The molecule has 1 saturated carbocycles. The number of aliphatic hydroxyl groups is 1. The molecule has 0 bridgehead atoms. The van der Waals surface area contributed by atoms with E-state index in [-0.39, 0.29) is 54.0 Å². The Labute approximate surface area is 255 Å². The summed E-state index contributed by atoms with van der Waals surface area (Å²) in [7, 11) is 0. The molecular formula is C38H32N2O4. The Hall–Kier alpha value is -5.10. The van der Waals surface area contributed by atoms with E-state index in [0.717, 1.165) is 27.6 Å². The first kappa shape index (κ1) is 27.7. The second kappa shape index (κ2) is 11.9. The number of ketones is 2. The van der Waals surface area contributed by atoms with Gasteiger partial charge in [0.1, 0.15) is 11.5 Å². The van der Waals surface area contributed by atoms with E-state index in [0.29, 0.717) is 42.0 Å². The fourth-order valence-corrected chi connectivity index (χ4v) is 6.67. The van der Waals surface area contributed by atoms with Gasteiger partial charge in [-0.05, 0) is 40.8 Å². The number of aliphatic hydroxyl groups excluding tert-OH is 1. The van der Waals surface area contributed by atoms with Gasteiger partial charge in [-0.25, -0.2) is 0 Å². The maximum absolute atomic E-state index is 13.7. The second-order valence-electron chi connectivity index (χ2n) is 11.7. The molecule has 6 nitrogen and oxygen atoms in total. The van der Waals surface area contributed by atoms with Crippen LogP contribution in [0.25, 0.3) is 10.8 Å². The van der Waals surface area contributed by atoms with Gasteiger partial charge in [-0.15, -0.1) is 0 Å². The third-order valence-corrected chi connectivity index (χ3v) is 8.87. The summed E-state index contributed by atoms with van der Waals surface area (Å²) in [6, 6.07) is 33.9. The smallest absolute Gasteiger partial charge is 0.168 e. The Morgan fingerprint density at radius 2 is 1.39 bits per heavy atom. The van der Waals surface area contributed by atoms with Crippen LogP contribution in [0, 0.1) is 0 Å². The fraction of sp³-hybridized carbons (Fsp3) is 0.211. The van der Waals surface area contributed by atoms with E-state index in [9.17, 15) is 14.7 Å². The number of nitrogens with zero attached hydrogens (tertiary/aromatic N) is 2. The van der Waals surface area contributed by atoms with Crippen molar-refractivity contribution < 1.29 is 19.2 Å². The van der Waals surface area contributed by atoms with Gasteiger partial charge in [-0.1, -0.05) is 102 Å². The predicted octanol–water partition coefficient (Wildman–Crippen LogP) is 8.40. The van der Waals surface area contributed by atoms with Gasteiger partial charge >= 0.3 is 0 Å². The summed E-state index contributed by atoms with van der Waals surface area (Å²) in [5, 5.41) is 17.7. The molecule has 0 spiro atoms. The van der Waals surface area contributed by atoms with Gasteiger partial charge in [0.15, 0.2) is 11.6 Å². The van der Waals surface area contributed by atoms with Crippen LogP contribution in [-0.4, -0.2) is 27.5 Å². The Bertz CT molecular complexity index is 1920. The molecule has 1 aromatic heterocycles. The fourth-order valence-electron chi connectivity index (χ4n) is 6.67. The highest BCUT2D eigenvalue weighted by atomic mass is 16.5. The largest absolute Gasteiger partial charge is 0.511 e. The summed E-state index contributed by atoms with van der Waals surface area (Å²) < 4.78 is 5.65. The predicted molar refractivity (Wildman–Crippen MR) is 171 cm³/mol. The first-order chi connectivity index (χ1) is 21.5. The van der Waals surface area contributed by atoms with Crippen molar-refractivity contribution in [1.82, 2.24) is 5.16 Å². The molecule has 0 aliphatic heterocycles. The molecule has 5 aromatic rings. The summed E-state index contributed by atoms with van der Waals surface area (Å²) in [5.74, 6) is 0.453. The van der Waals surface area contributed by atoms with Crippen molar-refractivity contribution in [1.29, 1.82) is 0 Å². The van der Waals surface area contributed by atoms with E-state index >= 15 is 0 Å². The topological polar surface area (TPSA) is 92.8 Å². The first-order valence-corrected chi connectivity index (χ1v) is 15.2. The van der Waals surface area contributed by atoms with E-state index in [1.807, 2.05) is 103 Å². The van der Waals surface area contributed by atoms with Gasteiger partial charge in [0.2, 0.25) is 0 Å². The van der Waals surface area contributed by atoms with Crippen molar-refractivity contribution in [3.8, 4) is 0 Å². The van der Waals surface area contributed by atoms with Gasteiger partial charge in [-0.3, -0.25) is 14.6 Å². The van der Waals surface area contributed by atoms with Gasteiger partial charge in [0, 0.05) is 37.5 Å². The Kier molecular flexibility index (Phi) is 7.49. The molecule has 0 saturated heterocycles. The van der Waals surface area contributed by atoms with Crippen molar-refractivity contribution >= 4 is 33.7 Å². The third kappa shape index (κ3) is 5.39. The average Bonchev–Trinajstić information content (AvgIpc) is 3.48. The van der Waals surface area contributed by atoms with Crippen LogP contribution in [0.5, 0.6) is 0 Å². The highest BCUT2D eigenvalue weighted by Gasteiger charge is 2.35. The summed E-state index contributed by atoms with van der Waals surface area (Å²) >= 11 is 0. The van der Waals surface area contributed by atoms with Crippen LogP contribution >= 0.6 is 0 Å². The van der Waals surface area contributed by atoms with E-state index in [1.54, 1.807) is 0 Å². The molecule has 2 aliphatic rings. The molecule has 2 atom stereocenters. The number of aromatic nitrogens is 1. The number of hydrogen-bond acceptors (Lipinski definition) is 6. The first-order valence-electron chi connectivity index (χ1n) is 15.2. The van der Waals surface area contributed by atoms with E-state index in [4.69, 9.17) is 9.52 Å². The zero-order valence-corrected chi connectivity index (χ0v) is 24.3. The normalized spacial score (nSPS) is 20.6. The van der Waals surface area contributed by atoms with E-state index in [1.165, 1.54) is 0 Å². The van der Waals surface area contributed by atoms with Crippen LogP contribution < -0.4 is 0 Å². The molecule has 44 heavy (non-hydrogen) atoms. The number of Topliss-reactive ketones (excluding diaryl/α,β-unsaturated/α-hetero) is 2. The quantitative estimate of drug-likeness (QED) is 0.161. The minimum Gasteiger partial charge on any atom is -0.511 e. The van der Waals surface area contributed by atoms with Crippen LogP contribution in [0.3, 0.4) is 0 Å². The minimum atomic E-state index is -0.134. The SMILES string of the molecule is O=C1CC(c2ccccc2)CC(=Nc2cccc3ccccc23)/C1=C(\O)CCc1noc2c1C(=O)CC(c1ccccc1)C2. The molecule has 218 valence electrons. The standard InChI is InChI=1S/C38H32N2O4/c41-33(19-18-31-38-35(43)22-28(23-36(38)44-40-31)25-12-5-2-6-13-25)37-32(20-27(21-34(37)42)24-10-3-1-4-11-24)39-30-17-9-15-26-14-7-8-16-29(26)30/h1-17,27-28,41H,18-23H2/b37-33+,39-32?. The van der Waals surface area contributed by atoms with E-state index < -0.39 is 0 Å². The lowest BCUT2D eigenvalue weighted by Crippen LogP contribution is -2.26. The lowest BCUT2D eigenvalue weighted by atomic mass is 9.78. The maximum Gasteiger partial charge on any atom is 0.168 e. The highest BCUT2D eigenvalue weighted by Crippen LogP contribution is 2.38. The van der Waals surface area contributed by atoms with Crippen LogP contribution in [-0.2, 0) is 17.6 Å². The number of carbonyl (C=O) groups excluding carboxylic acids is 2. The Morgan fingerprint density at radius 1 is 0.750 bits per heavy atom. The highest BCUT2D eigenvalue weighted by molar-refractivity contribution is 6.25. The Balaban J connectivity index is 1.20. The van der Waals surface area contributed by atoms with Crippen LogP contribution in [0.4, 0.5) is 5.69 Å².